The van der Waals surface area contributed by atoms with Crippen LogP contribution in [-0.2, 0) is 16.3 Å². The number of ether oxygens (including phenoxy) is 2. The van der Waals surface area contributed by atoms with Crippen LogP contribution in [0.25, 0.3) is 0 Å². The number of sulfone groups is 1. The van der Waals surface area contributed by atoms with Crippen molar-refractivity contribution in [1.29, 1.82) is 0 Å². The second-order valence-corrected chi connectivity index (χ2v) is 8.88. The van der Waals surface area contributed by atoms with Gasteiger partial charge >= 0.3 is 0 Å². The van der Waals surface area contributed by atoms with Crippen molar-refractivity contribution in [1.82, 2.24) is 5.32 Å². The maximum Gasteiger partial charge on any atom is 0.151 e. The molecule has 2 aliphatic rings. The maximum atomic E-state index is 12.0. The van der Waals surface area contributed by atoms with Gasteiger partial charge in [-0.1, -0.05) is 18.9 Å². The first-order valence-electron chi connectivity index (χ1n) is 8.22. The lowest BCUT2D eigenvalue weighted by molar-refractivity contribution is 0.214. The van der Waals surface area contributed by atoms with Crippen molar-refractivity contribution in [3.05, 3.63) is 23.8 Å². The molecule has 1 aliphatic heterocycles. The lowest BCUT2D eigenvalue weighted by Crippen LogP contribution is -2.52. The number of methoxy groups -OCH3 is 1. The van der Waals surface area contributed by atoms with Gasteiger partial charge in [0.2, 0.25) is 0 Å². The van der Waals surface area contributed by atoms with Crippen LogP contribution in [0.5, 0.6) is 11.5 Å². The third kappa shape index (κ3) is 3.80. The molecule has 1 N–H and O–H groups in total. The minimum atomic E-state index is -3.02. The van der Waals surface area contributed by atoms with Crippen LogP contribution in [0.4, 0.5) is 0 Å². The molecule has 6 heteroatoms. The van der Waals surface area contributed by atoms with Gasteiger partial charge in [0.15, 0.2) is 9.84 Å². The molecule has 0 spiro atoms. The third-order valence-corrected chi connectivity index (χ3v) is 6.55. The molecule has 3 atom stereocenters. The summed E-state index contributed by atoms with van der Waals surface area (Å²) < 4.78 is 35.1. The van der Waals surface area contributed by atoms with Gasteiger partial charge in [-0.25, -0.2) is 8.42 Å². The van der Waals surface area contributed by atoms with Crippen LogP contribution in [0.15, 0.2) is 18.2 Å². The zero-order chi connectivity index (χ0) is 16.4. The normalized spacial score (nSPS) is 27.8. The van der Waals surface area contributed by atoms with Crippen molar-refractivity contribution in [3.63, 3.8) is 0 Å². The molecule has 5 nitrogen and oxygen atoms in total. The molecule has 0 amide bonds. The molecule has 1 aromatic carbocycles. The van der Waals surface area contributed by atoms with Crippen LogP contribution in [0.1, 0.15) is 31.2 Å². The summed E-state index contributed by atoms with van der Waals surface area (Å²) in [5.74, 6) is 1.66. The number of benzene rings is 1. The Hall–Kier alpha value is -1.27. The number of rotatable bonds is 4. The Morgan fingerprint density at radius 2 is 2.04 bits per heavy atom. The van der Waals surface area contributed by atoms with Crippen molar-refractivity contribution in [2.24, 2.45) is 0 Å². The van der Waals surface area contributed by atoms with Crippen LogP contribution in [0, 0.1) is 0 Å². The highest BCUT2D eigenvalue weighted by Gasteiger charge is 2.34. The second kappa shape index (κ2) is 6.69. The first-order valence-corrected chi connectivity index (χ1v) is 10.2. The zero-order valence-corrected chi connectivity index (χ0v) is 14.6. The van der Waals surface area contributed by atoms with E-state index in [0.717, 1.165) is 49.2 Å². The van der Waals surface area contributed by atoms with E-state index in [1.54, 1.807) is 7.11 Å². The van der Waals surface area contributed by atoms with Crippen molar-refractivity contribution in [2.75, 3.05) is 20.0 Å². The van der Waals surface area contributed by atoms with E-state index in [9.17, 15) is 8.42 Å². The van der Waals surface area contributed by atoms with Crippen LogP contribution < -0.4 is 14.8 Å². The lowest BCUT2D eigenvalue weighted by atomic mass is 9.93. The Balaban J connectivity index is 1.69. The Morgan fingerprint density at radius 3 is 2.78 bits per heavy atom. The molecular weight excluding hydrogens is 314 g/mol. The van der Waals surface area contributed by atoms with E-state index in [2.05, 4.69) is 5.32 Å². The standard InChI is InChI=1S/C17H25NO4S/c1-21-14-8-7-12-9-13(11-22-16(12)10-14)18-15-5-3-4-6-17(15)23(2,19)20/h7-8,10,13,15,17-18H,3-6,9,11H2,1-2H3. The first-order chi connectivity index (χ1) is 11.0. The fraction of sp³-hybridized carbons (Fsp3) is 0.647. The molecule has 0 saturated heterocycles. The van der Waals surface area contributed by atoms with Crippen molar-refractivity contribution < 1.29 is 17.9 Å². The minimum absolute atomic E-state index is 0.0344. The largest absolute Gasteiger partial charge is 0.497 e. The monoisotopic (exact) mass is 339 g/mol. The summed E-state index contributed by atoms with van der Waals surface area (Å²) in [6.45, 7) is 0.563. The van der Waals surface area contributed by atoms with E-state index >= 15 is 0 Å². The van der Waals surface area contributed by atoms with E-state index < -0.39 is 9.84 Å². The second-order valence-electron chi connectivity index (χ2n) is 6.61. The van der Waals surface area contributed by atoms with Crippen LogP contribution in [0.2, 0.25) is 0 Å². The van der Waals surface area contributed by atoms with Gasteiger partial charge in [-0.15, -0.1) is 0 Å². The highest BCUT2D eigenvalue weighted by molar-refractivity contribution is 7.91. The molecule has 1 saturated carbocycles. The molecule has 1 fully saturated rings. The summed E-state index contributed by atoms with van der Waals surface area (Å²) in [7, 11) is -1.37. The van der Waals surface area contributed by atoms with E-state index in [4.69, 9.17) is 9.47 Å². The highest BCUT2D eigenvalue weighted by atomic mass is 32.2. The summed E-state index contributed by atoms with van der Waals surface area (Å²) in [6, 6.07) is 6.06. The van der Waals surface area contributed by atoms with E-state index in [1.807, 2.05) is 18.2 Å². The third-order valence-electron chi connectivity index (χ3n) is 4.88. The summed E-state index contributed by atoms with van der Waals surface area (Å²) in [5, 5.41) is 3.28. The minimum Gasteiger partial charge on any atom is -0.497 e. The fourth-order valence-electron chi connectivity index (χ4n) is 3.69. The Kier molecular flexibility index (Phi) is 4.82. The number of hydrogen-bond donors (Lipinski definition) is 1. The average Bonchev–Trinajstić information content (AvgIpc) is 2.54. The van der Waals surface area contributed by atoms with E-state index in [0.29, 0.717) is 6.61 Å². The summed E-state index contributed by atoms with van der Waals surface area (Å²) >= 11 is 0. The quantitative estimate of drug-likeness (QED) is 0.908. The molecule has 3 unspecified atom stereocenters. The van der Waals surface area contributed by atoms with Gasteiger partial charge in [0.1, 0.15) is 18.1 Å². The molecular formula is C17H25NO4S. The van der Waals surface area contributed by atoms with Gasteiger partial charge in [0.25, 0.3) is 0 Å². The molecule has 128 valence electrons. The van der Waals surface area contributed by atoms with Crippen molar-refractivity contribution >= 4 is 9.84 Å². The van der Waals surface area contributed by atoms with Gasteiger partial charge in [-0.05, 0) is 30.9 Å². The zero-order valence-electron chi connectivity index (χ0n) is 13.7. The molecule has 1 aliphatic carbocycles. The molecule has 1 heterocycles. The van der Waals surface area contributed by atoms with Gasteiger partial charge in [0.05, 0.1) is 12.4 Å². The van der Waals surface area contributed by atoms with Crippen LogP contribution >= 0.6 is 0 Å². The first kappa shape index (κ1) is 16.6. The van der Waals surface area contributed by atoms with E-state index in [-0.39, 0.29) is 17.3 Å². The van der Waals surface area contributed by atoms with Gasteiger partial charge < -0.3 is 14.8 Å². The molecule has 0 bridgehead atoms. The lowest BCUT2D eigenvalue weighted by Gasteiger charge is -2.35. The number of nitrogens with one attached hydrogen (secondary N) is 1. The number of hydrogen-bond acceptors (Lipinski definition) is 5. The average molecular weight is 339 g/mol. The van der Waals surface area contributed by atoms with Gasteiger partial charge in [-0.3, -0.25) is 0 Å². The summed E-state index contributed by atoms with van der Waals surface area (Å²) in [5.41, 5.74) is 1.14. The maximum absolute atomic E-state index is 12.0. The molecule has 1 aromatic rings. The van der Waals surface area contributed by atoms with Gasteiger partial charge in [-0.2, -0.15) is 0 Å². The Labute approximate surface area is 138 Å². The van der Waals surface area contributed by atoms with Gasteiger partial charge in [0, 0.05) is 24.4 Å². The molecule has 0 radical (unpaired) electrons. The van der Waals surface area contributed by atoms with Crippen molar-refractivity contribution in [3.8, 4) is 11.5 Å². The predicted octanol–water partition coefficient (Wildman–Crippen LogP) is 1.94. The SMILES string of the molecule is COc1ccc2c(c1)OCC(NC1CCCCC1S(C)(=O)=O)C2. The van der Waals surface area contributed by atoms with E-state index in [1.165, 1.54) is 6.26 Å². The number of fused-ring (bicyclic) bond motifs is 1. The van der Waals surface area contributed by atoms with Crippen molar-refractivity contribution in [2.45, 2.75) is 49.4 Å². The van der Waals surface area contributed by atoms with Crippen LogP contribution in [0.3, 0.4) is 0 Å². The molecule has 23 heavy (non-hydrogen) atoms. The fourth-order valence-corrected chi connectivity index (χ4v) is 5.10. The van der Waals surface area contributed by atoms with Crippen LogP contribution in [-0.4, -0.2) is 45.7 Å². The molecule has 0 aromatic heterocycles. The predicted molar refractivity (Wildman–Crippen MR) is 90.0 cm³/mol. The molecule has 3 rings (SSSR count). The topological polar surface area (TPSA) is 64.6 Å². The Morgan fingerprint density at radius 1 is 1.26 bits per heavy atom. The Bertz CT molecular complexity index is 659. The summed E-state index contributed by atoms with van der Waals surface area (Å²) in [4.78, 5) is 0. The smallest absolute Gasteiger partial charge is 0.151 e. The highest BCUT2D eigenvalue weighted by Crippen LogP contribution is 2.30. The summed E-state index contributed by atoms with van der Waals surface area (Å²) in [6.07, 6.45) is 5.98.